The molecule has 188 valence electrons. The fourth-order valence-corrected chi connectivity index (χ4v) is 4.26. The summed E-state index contributed by atoms with van der Waals surface area (Å²) < 4.78 is 55.0. The number of carbonyl (C=O) groups excluding carboxylic acids is 1. The zero-order valence-electron chi connectivity index (χ0n) is 19.4. The number of hydrogen-bond acceptors (Lipinski definition) is 6. The number of aromatic nitrogens is 4. The minimum atomic E-state index is -4.62. The van der Waals surface area contributed by atoms with Gasteiger partial charge in [-0.2, -0.15) is 23.4 Å². The van der Waals surface area contributed by atoms with Crippen molar-refractivity contribution in [3.8, 4) is 11.5 Å². The first-order valence-corrected chi connectivity index (χ1v) is 11.0. The summed E-state index contributed by atoms with van der Waals surface area (Å²) in [6.07, 6.45) is -3.38. The highest BCUT2D eigenvalue weighted by Gasteiger charge is 2.48. The summed E-state index contributed by atoms with van der Waals surface area (Å²) in [5.74, 6) is 0.0601. The lowest BCUT2D eigenvalue weighted by Crippen LogP contribution is -2.36. The summed E-state index contributed by atoms with van der Waals surface area (Å²) in [6.45, 7) is 1.96. The van der Waals surface area contributed by atoms with Gasteiger partial charge in [-0.3, -0.25) is 9.48 Å². The number of nitrogens with one attached hydrogen (secondary N) is 2. The predicted molar refractivity (Wildman–Crippen MR) is 122 cm³/mol. The summed E-state index contributed by atoms with van der Waals surface area (Å²) in [5.41, 5.74) is 1.86. The van der Waals surface area contributed by atoms with Gasteiger partial charge >= 0.3 is 6.18 Å². The summed E-state index contributed by atoms with van der Waals surface area (Å²) in [6, 6.07) is 2.11. The summed E-state index contributed by atoms with van der Waals surface area (Å²) in [5, 5.41) is 13.5. The SMILES string of the molecule is COc1ccc([C@H]2C[C@H](C(F)(F)F)n3nc(C(=O)NCc4cnn(C)c4C)c(Cl)c3N2)cc1OC. The molecule has 0 radical (unpaired) electrons. The van der Waals surface area contributed by atoms with Gasteiger partial charge in [0.1, 0.15) is 10.8 Å². The molecule has 2 atom stereocenters. The van der Waals surface area contributed by atoms with E-state index in [1.165, 1.54) is 14.2 Å². The van der Waals surface area contributed by atoms with E-state index in [1.54, 1.807) is 36.1 Å². The van der Waals surface area contributed by atoms with Gasteiger partial charge in [-0.25, -0.2) is 4.68 Å². The third-order valence-electron chi connectivity index (χ3n) is 6.10. The molecule has 0 unspecified atom stereocenters. The Balaban J connectivity index is 1.65. The van der Waals surface area contributed by atoms with E-state index in [9.17, 15) is 18.0 Å². The third kappa shape index (κ3) is 4.62. The molecule has 1 aliphatic rings. The van der Waals surface area contributed by atoms with E-state index >= 15 is 0 Å². The van der Waals surface area contributed by atoms with Crippen molar-refractivity contribution in [3.63, 3.8) is 0 Å². The van der Waals surface area contributed by atoms with Crippen LogP contribution in [-0.4, -0.2) is 45.9 Å². The van der Waals surface area contributed by atoms with Gasteiger partial charge in [0.15, 0.2) is 23.2 Å². The summed E-state index contributed by atoms with van der Waals surface area (Å²) in [4.78, 5) is 12.8. The number of methoxy groups -OCH3 is 2. The largest absolute Gasteiger partial charge is 0.493 e. The van der Waals surface area contributed by atoms with Crippen LogP contribution >= 0.6 is 11.6 Å². The van der Waals surface area contributed by atoms with Crippen LogP contribution in [0.1, 0.15) is 45.8 Å². The molecule has 1 aliphatic heterocycles. The number of ether oxygens (including phenoxy) is 2. The molecule has 0 bridgehead atoms. The van der Waals surface area contributed by atoms with Gasteiger partial charge in [0.05, 0.1) is 26.5 Å². The Kier molecular flexibility index (Phi) is 6.58. The molecule has 3 aromatic rings. The maximum atomic E-state index is 14.0. The normalized spacial score (nSPS) is 17.5. The molecule has 0 saturated heterocycles. The van der Waals surface area contributed by atoms with Gasteiger partial charge in [-0.05, 0) is 24.6 Å². The Labute approximate surface area is 204 Å². The molecule has 0 fully saturated rings. The number of rotatable bonds is 6. The van der Waals surface area contributed by atoms with Crippen molar-refractivity contribution in [2.24, 2.45) is 7.05 Å². The Morgan fingerprint density at radius 3 is 2.60 bits per heavy atom. The topological polar surface area (TPSA) is 95.2 Å². The van der Waals surface area contributed by atoms with Crippen LogP contribution in [0.5, 0.6) is 11.5 Å². The second-order valence-electron chi connectivity index (χ2n) is 8.12. The maximum absolute atomic E-state index is 14.0. The minimum absolute atomic E-state index is 0.0808. The van der Waals surface area contributed by atoms with E-state index in [-0.39, 0.29) is 29.5 Å². The van der Waals surface area contributed by atoms with Gasteiger partial charge in [0.2, 0.25) is 0 Å². The summed E-state index contributed by atoms with van der Waals surface area (Å²) in [7, 11) is 4.67. The van der Waals surface area contributed by atoms with Crippen molar-refractivity contribution < 1.29 is 27.4 Å². The standard InChI is InChI=1S/C22H24ClF3N6O3/c1-11-13(10-28-31(11)2)9-27-21(33)19-18(23)20-29-14(8-17(22(24,25)26)32(20)30-19)12-5-6-15(34-3)16(7-12)35-4/h5-7,10,14,17,29H,8-9H2,1-4H3,(H,27,33)/t14-,17-/m1/s1. The molecule has 0 saturated carbocycles. The van der Waals surface area contributed by atoms with Crippen LogP contribution in [0.3, 0.4) is 0 Å². The smallest absolute Gasteiger partial charge is 0.410 e. The molecule has 3 heterocycles. The van der Waals surface area contributed by atoms with Crippen molar-refractivity contribution in [1.82, 2.24) is 24.9 Å². The minimum Gasteiger partial charge on any atom is -0.493 e. The quantitative estimate of drug-likeness (QED) is 0.514. The van der Waals surface area contributed by atoms with E-state index < -0.39 is 24.2 Å². The first-order chi connectivity index (χ1) is 16.5. The Morgan fingerprint density at radius 1 is 1.29 bits per heavy atom. The highest BCUT2D eigenvalue weighted by molar-refractivity contribution is 6.36. The van der Waals surface area contributed by atoms with Crippen LogP contribution in [0.2, 0.25) is 5.02 Å². The first kappa shape index (κ1) is 24.7. The van der Waals surface area contributed by atoms with Crippen molar-refractivity contribution in [1.29, 1.82) is 0 Å². The van der Waals surface area contributed by atoms with Crippen LogP contribution in [0.4, 0.5) is 19.0 Å². The molecule has 2 N–H and O–H groups in total. The lowest BCUT2D eigenvalue weighted by molar-refractivity contribution is -0.173. The number of benzene rings is 1. The number of alkyl halides is 3. The molecule has 1 amide bonds. The molecular formula is C22H24ClF3N6O3. The number of halogens is 4. The van der Waals surface area contributed by atoms with Gasteiger partial charge in [-0.15, -0.1) is 0 Å². The maximum Gasteiger partial charge on any atom is 0.410 e. The molecule has 13 heteroatoms. The third-order valence-corrected chi connectivity index (χ3v) is 6.45. The van der Waals surface area contributed by atoms with E-state index in [2.05, 4.69) is 20.8 Å². The molecule has 0 spiro atoms. The fourth-order valence-electron chi connectivity index (χ4n) is 4.00. The average Bonchev–Trinajstić information content (AvgIpc) is 3.34. The monoisotopic (exact) mass is 512 g/mol. The Morgan fingerprint density at radius 2 is 2.00 bits per heavy atom. The molecule has 4 rings (SSSR count). The Hall–Kier alpha value is -3.41. The van der Waals surface area contributed by atoms with Crippen LogP contribution in [0.25, 0.3) is 0 Å². The lowest BCUT2D eigenvalue weighted by atomic mass is 9.96. The van der Waals surface area contributed by atoms with Crippen molar-refractivity contribution >= 4 is 23.3 Å². The van der Waals surface area contributed by atoms with E-state index in [1.807, 2.05) is 6.92 Å². The van der Waals surface area contributed by atoms with Crippen molar-refractivity contribution in [3.05, 3.63) is 51.9 Å². The number of fused-ring (bicyclic) bond motifs is 1. The number of carbonyl (C=O) groups is 1. The van der Waals surface area contributed by atoms with E-state index in [0.717, 1.165) is 15.9 Å². The summed E-state index contributed by atoms with van der Waals surface area (Å²) >= 11 is 6.39. The van der Waals surface area contributed by atoms with Gasteiger partial charge in [0.25, 0.3) is 5.91 Å². The second kappa shape index (κ2) is 9.33. The van der Waals surface area contributed by atoms with Crippen molar-refractivity contribution in [2.45, 2.75) is 38.1 Å². The van der Waals surface area contributed by atoms with Crippen LogP contribution in [0, 0.1) is 6.92 Å². The van der Waals surface area contributed by atoms with Crippen molar-refractivity contribution in [2.75, 3.05) is 19.5 Å². The number of amides is 1. The van der Waals surface area contributed by atoms with Crippen LogP contribution in [0.15, 0.2) is 24.4 Å². The predicted octanol–water partition coefficient (Wildman–Crippen LogP) is 4.19. The zero-order chi connectivity index (χ0) is 25.5. The first-order valence-electron chi connectivity index (χ1n) is 10.6. The molecule has 9 nitrogen and oxygen atoms in total. The lowest BCUT2D eigenvalue weighted by Gasteiger charge is -2.33. The zero-order valence-corrected chi connectivity index (χ0v) is 20.2. The highest BCUT2D eigenvalue weighted by atomic mass is 35.5. The van der Waals surface area contributed by atoms with E-state index in [4.69, 9.17) is 21.1 Å². The number of nitrogens with zero attached hydrogens (tertiary/aromatic N) is 4. The molecular weight excluding hydrogens is 489 g/mol. The number of aryl methyl sites for hydroxylation is 1. The van der Waals surface area contributed by atoms with E-state index in [0.29, 0.717) is 17.1 Å². The fraction of sp³-hybridized carbons (Fsp3) is 0.409. The molecule has 2 aromatic heterocycles. The molecule has 1 aromatic carbocycles. The number of anilines is 1. The average molecular weight is 513 g/mol. The molecule has 35 heavy (non-hydrogen) atoms. The van der Waals surface area contributed by atoms with Gasteiger partial charge < -0.3 is 20.1 Å². The highest BCUT2D eigenvalue weighted by Crippen LogP contribution is 2.47. The van der Waals surface area contributed by atoms with Gasteiger partial charge in [-0.1, -0.05) is 17.7 Å². The molecule has 0 aliphatic carbocycles. The number of hydrogen-bond donors (Lipinski definition) is 2. The van der Waals surface area contributed by atoms with Crippen LogP contribution < -0.4 is 20.1 Å². The Bertz CT molecular complexity index is 1260. The van der Waals surface area contributed by atoms with Crippen LogP contribution in [-0.2, 0) is 13.6 Å². The van der Waals surface area contributed by atoms with Gasteiger partial charge in [0, 0.05) is 31.3 Å². The second-order valence-corrected chi connectivity index (χ2v) is 8.50.